The van der Waals surface area contributed by atoms with Gasteiger partial charge in [0.2, 0.25) is 0 Å². The average molecular weight is 372 g/mol. The van der Waals surface area contributed by atoms with Crippen LogP contribution in [0.2, 0.25) is 5.02 Å². The molecule has 2 aromatic carbocycles. The van der Waals surface area contributed by atoms with Gasteiger partial charge >= 0.3 is 6.18 Å². The zero-order chi connectivity index (χ0) is 17.3. The van der Waals surface area contributed by atoms with E-state index < -0.39 is 17.6 Å². The number of benzene rings is 2. The van der Waals surface area contributed by atoms with Gasteiger partial charge in [0.15, 0.2) is 0 Å². The van der Waals surface area contributed by atoms with Crippen molar-refractivity contribution in [1.29, 1.82) is 0 Å². The highest BCUT2D eigenvalue weighted by Crippen LogP contribution is 2.39. The molecule has 0 bridgehead atoms. The van der Waals surface area contributed by atoms with Crippen molar-refractivity contribution in [2.24, 2.45) is 0 Å². The first kappa shape index (κ1) is 17.2. The van der Waals surface area contributed by atoms with Crippen LogP contribution in [0.4, 0.5) is 13.2 Å². The van der Waals surface area contributed by atoms with Gasteiger partial charge in [-0.25, -0.2) is 0 Å². The van der Waals surface area contributed by atoms with E-state index >= 15 is 0 Å². The number of carbonyl (C=O) groups excluding carboxylic acids is 1. The van der Waals surface area contributed by atoms with Gasteiger partial charge in [-0.2, -0.15) is 13.2 Å². The van der Waals surface area contributed by atoms with Crippen LogP contribution in [0.25, 0.3) is 0 Å². The number of halogens is 4. The number of hydrogen-bond acceptors (Lipinski definition) is 2. The van der Waals surface area contributed by atoms with Gasteiger partial charge in [0.1, 0.15) is 5.37 Å². The fourth-order valence-electron chi connectivity index (χ4n) is 2.61. The van der Waals surface area contributed by atoms with Crippen molar-refractivity contribution in [2.75, 3.05) is 12.3 Å². The van der Waals surface area contributed by atoms with Crippen LogP contribution in [0.5, 0.6) is 0 Å². The second-order valence-corrected chi connectivity index (χ2v) is 6.98. The van der Waals surface area contributed by atoms with Gasteiger partial charge in [-0.15, -0.1) is 11.8 Å². The Kier molecular flexibility index (Phi) is 4.78. The summed E-state index contributed by atoms with van der Waals surface area (Å²) in [5.41, 5.74) is 0.0872. The molecule has 0 aliphatic carbocycles. The van der Waals surface area contributed by atoms with E-state index in [0.717, 1.165) is 23.4 Å². The molecule has 0 saturated carbocycles. The largest absolute Gasteiger partial charge is 0.416 e. The molecule has 0 spiro atoms. The van der Waals surface area contributed by atoms with Crippen molar-refractivity contribution in [3.8, 4) is 0 Å². The molecule has 1 aliphatic heterocycles. The summed E-state index contributed by atoms with van der Waals surface area (Å²) in [5.74, 6) is 0.318. The summed E-state index contributed by atoms with van der Waals surface area (Å²) in [5, 5.41) is 0.317. The van der Waals surface area contributed by atoms with E-state index in [9.17, 15) is 18.0 Å². The van der Waals surface area contributed by atoms with Crippen molar-refractivity contribution in [3.05, 3.63) is 70.2 Å². The molecule has 0 radical (unpaired) electrons. The molecule has 1 aliphatic rings. The molecule has 0 unspecified atom stereocenters. The molecular weight excluding hydrogens is 359 g/mol. The Balaban J connectivity index is 1.89. The van der Waals surface area contributed by atoms with Gasteiger partial charge in [-0.3, -0.25) is 4.79 Å². The number of nitrogens with zero attached hydrogens (tertiary/aromatic N) is 1. The SMILES string of the molecule is O=C(c1cccc(C(F)(F)F)c1)N1CCS[C@H]1c1cccc(Cl)c1. The first-order chi connectivity index (χ1) is 11.4. The van der Waals surface area contributed by atoms with Crippen LogP contribution >= 0.6 is 23.4 Å². The van der Waals surface area contributed by atoms with E-state index in [1.54, 1.807) is 34.9 Å². The second-order valence-electron chi connectivity index (χ2n) is 5.36. The second kappa shape index (κ2) is 6.69. The van der Waals surface area contributed by atoms with Crippen LogP contribution < -0.4 is 0 Å². The molecule has 1 fully saturated rings. The number of carbonyl (C=O) groups is 1. The Morgan fingerprint density at radius 3 is 2.62 bits per heavy atom. The summed E-state index contributed by atoms with van der Waals surface area (Å²) in [7, 11) is 0. The molecule has 1 heterocycles. The third-order valence-electron chi connectivity index (χ3n) is 3.72. The predicted molar refractivity (Wildman–Crippen MR) is 89.1 cm³/mol. The molecule has 7 heteroatoms. The van der Waals surface area contributed by atoms with Gasteiger partial charge in [-0.1, -0.05) is 29.8 Å². The lowest BCUT2D eigenvalue weighted by molar-refractivity contribution is -0.137. The Morgan fingerprint density at radius 2 is 1.92 bits per heavy atom. The van der Waals surface area contributed by atoms with Crippen LogP contribution in [0.15, 0.2) is 48.5 Å². The fraction of sp³-hybridized carbons (Fsp3) is 0.235. The molecule has 3 rings (SSSR count). The number of hydrogen-bond donors (Lipinski definition) is 0. The van der Waals surface area contributed by atoms with Crippen molar-refractivity contribution in [1.82, 2.24) is 4.90 Å². The third kappa shape index (κ3) is 3.54. The predicted octanol–water partition coefficient (Wildman–Crippen LogP) is 5.25. The van der Waals surface area contributed by atoms with E-state index in [2.05, 4.69) is 0 Å². The van der Waals surface area contributed by atoms with Crippen LogP contribution in [-0.4, -0.2) is 23.1 Å². The highest BCUT2D eigenvalue weighted by atomic mass is 35.5. The molecule has 2 aromatic rings. The molecule has 126 valence electrons. The third-order valence-corrected chi connectivity index (χ3v) is 5.22. The molecule has 2 nitrogen and oxygen atoms in total. The first-order valence-electron chi connectivity index (χ1n) is 7.21. The number of rotatable bonds is 2. The highest BCUT2D eigenvalue weighted by molar-refractivity contribution is 7.99. The van der Waals surface area contributed by atoms with Gasteiger partial charge in [-0.05, 0) is 35.9 Å². The van der Waals surface area contributed by atoms with E-state index in [-0.39, 0.29) is 10.9 Å². The van der Waals surface area contributed by atoms with Gasteiger partial charge in [0, 0.05) is 22.9 Å². The van der Waals surface area contributed by atoms with E-state index in [1.807, 2.05) is 6.07 Å². The molecular formula is C17H13ClF3NOS. The van der Waals surface area contributed by atoms with E-state index in [0.29, 0.717) is 11.6 Å². The summed E-state index contributed by atoms with van der Waals surface area (Å²) < 4.78 is 38.6. The quantitative estimate of drug-likeness (QED) is 0.719. The normalized spacial score (nSPS) is 18.0. The van der Waals surface area contributed by atoms with Gasteiger partial charge in [0.25, 0.3) is 5.91 Å². The van der Waals surface area contributed by atoms with Crippen LogP contribution in [0, 0.1) is 0 Å². The standard InChI is InChI=1S/C17H13ClF3NOS/c18-14-6-2-4-12(10-14)16-22(7-8-24-16)15(23)11-3-1-5-13(9-11)17(19,20)21/h1-6,9-10,16H,7-8H2/t16-/m0/s1. The molecule has 0 N–H and O–H groups in total. The molecule has 1 amide bonds. The smallest absolute Gasteiger partial charge is 0.322 e. The minimum atomic E-state index is -4.47. The van der Waals surface area contributed by atoms with Gasteiger partial charge in [0.05, 0.1) is 5.56 Å². The number of amides is 1. The summed E-state index contributed by atoms with van der Waals surface area (Å²) in [4.78, 5) is 14.3. The Bertz CT molecular complexity index is 765. The maximum absolute atomic E-state index is 12.9. The zero-order valence-electron chi connectivity index (χ0n) is 12.4. The summed E-state index contributed by atoms with van der Waals surface area (Å²) in [6.45, 7) is 0.483. The maximum Gasteiger partial charge on any atom is 0.416 e. The minimum Gasteiger partial charge on any atom is -0.322 e. The number of thioether (sulfide) groups is 1. The zero-order valence-corrected chi connectivity index (χ0v) is 14.0. The van der Waals surface area contributed by atoms with Crippen molar-refractivity contribution < 1.29 is 18.0 Å². The van der Waals surface area contributed by atoms with Crippen molar-refractivity contribution in [3.63, 3.8) is 0 Å². The van der Waals surface area contributed by atoms with Crippen molar-refractivity contribution in [2.45, 2.75) is 11.6 Å². The Labute approximate surface area is 146 Å². The lowest BCUT2D eigenvalue weighted by atomic mass is 10.1. The fourth-order valence-corrected chi connectivity index (χ4v) is 4.05. The maximum atomic E-state index is 12.9. The lowest BCUT2D eigenvalue weighted by Crippen LogP contribution is -2.30. The Hall–Kier alpha value is -1.66. The van der Waals surface area contributed by atoms with E-state index in [4.69, 9.17) is 11.6 Å². The molecule has 1 atom stereocenters. The number of alkyl halides is 3. The van der Waals surface area contributed by atoms with Gasteiger partial charge < -0.3 is 4.90 Å². The monoisotopic (exact) mass is 371 g/mol. The van der Waals surface area contributed by atoms with Crippen LogP contribution in [0.1, 0.15) is 26.9 Å². The van der Waals surface area contributed by atoms with Crippen LogP contribution in [-0.2, 0) is 6.18 Å². The topological polar surface area (TPSA) is 20.3 Å². The average Bonchev–Trinajstić information content (AvgIpc) is 3.03. The summed E-state index contributed by atoms with van der Waals surface area (Å²) in [6, 6.07) is 11.7. The van der Waals surface area contributed by atoms with Crippen molar-refractivity contribution >= 4 is 29.3 Å². The lowest BCUT2D eigenvalue weighted by Gasteiger charge is -2.24. The Morgan fingerprint density at radius 1 is 1.17 bits per heavy atom. The highest BCUT2D eigenvalue weighted by Gasteiger charge is 2.34. The molecule has 24 heavy (non-hydrogen) atoms. The van der Waals surface area contributed by atoms with E-state index in [1.165, 1.54) is 12.1 Å². The molecule has 0 aromatic heterocycles. The molecule has 1 saturated heterocycles. The summed E-state index contributed by atoms with van der Waals surface area (Å²) >= 11 is 7.57. The minimum absolute atomic E-state index is 0.0411. The van der Waals surface area contributed by atoms with Crippen LogP contribution in [0.3, 0.4) is 0 Å². The summed E-state index contributed by atoms with van der Waals surface area (Å²) in [6.07, 6.45) is -4.47. The first-order valence-corrected chi connectivity index (χ1v) is 8.64.